The minimum Gasteiger partial charge on any atom is -0.380 e. The van der Waals surface area contributed by atoms with E-state index in [1.807, 2.05) is 11.8 Å². The molecule has 0 spiro atoms. The predicted molar refractivity (Wildman–Crippen MR) is 81.6 cm³/mol. The highest BCUT2D eigenvalue weighted by Gasteiger charge is 2.20. The van der Waals surface area contributed by atoms with Crippen LogP contribution in [0.5, 0.6) is 0 Å². The molecule has 0 unspecified atom stereocenters. The third kappa shape index (κ3) is 3.71. The lowest BCUT2D eigenvalue weighted by atomic mass is 10.1. The molecule has 0 atom stereocenters. The first-order valence-corrected chi connectivity index (χ1v) is 7.45. The van der Waals surface area contributed by atoms with E-state index in [2.05, 4.69) is 5.32 Å². The van der Waals surface area contributed by atoms with Crippen molar-refractivity contribution < 1.29 is 9.72 Å². The molecule has 1 aliphatic rings. The number of likely N-dealkylation sites (tertiary alicyclic amines) is 1. The number of anilines is 1. The molecule has 1 saturated heterocycles. The largest absolute Gasteiger partial charge is 0.380 e. The van der Waals surface area contributed by atoms with Crippen LogP contribution in [0, 0.1) is 10.1 Å². The van der Waals surface area contributed by atoms with E-state index in [9.17, 15) is 14.9 Å². The maximum absolute atomic E-state index is 12.5. The summed E-state index contributed by atoms with van der Waals surface area (Å²) in [5.41, 5.74) is 0.922. The number of hydrogen-bond acceptors (Lipinski definition) is 4. The maximum Gasteiger partial charge on any atom is 0.292 e. The van der Waals surface area contributed by atoms with Gasteiger partial charge in [-0.15, -0.1) is 0 Å². The van der Waals surface area contributed by atoms with Gasteiger partial charge in [-0.25, -0.2) is 0 Å². The van der Waals surface area contributed by atoms with Crippen LogP contribution in [0.1, 0.15) is 43.0 Å². The molecule has 1 fully saturated rings. The summed E-state index contributed by atoms with van der Waals surface area (Å²) in [7, 11) is 0. The average molecular weight is 291 g/mol. The quantitative estimate of drug-likeness (QED) is 0.683. The molecule has 1 amide bonds. The highest BCUT2D eigenvalue weighted by molar-refractivity contribution is 5.96. The molecule has 1 aromatic carbocycles. The van der Waals surface area contributed by atoms with Crippen LogP contribution in [0.4, 0.5) is 11.4 Å². The van der Waals surface area contributed by atoms with Crippen molar-refractivity contribution in [3.63, 3.8) is 0 Å². The molecule has 114 valence electrons. The lowest BCUT2D eigenvalue weighted by Crippen LogP contribution is -2.31. The summed E-state index contributed by atoms with van der Waals surface area (Å²) in [6.45, 7) is 3.98. The van der Waals surface area contributed by atoms with Crippen LogP contribution in [-0.2, 0) is 0 Å². The highest BCUT2D eigenvalue weighted by Crippen LogP contribution is 2.26. The Morgan fingerprint density at radius 3 is 2.52 bits per heavy atom. The Kier molecular flexibility index (Phi) is 5.14. The van der Waals surface area contributed by atoms with E-state index < -0.39 is 4.92 Å². The smallest absolute Gasteiger partial charge is 0.292 e. The molecule has 1 N–H and O–H groups in total. The number of nitrogens with one attached hydrogen (secondary N) is 1. The van der Waals surface area contributed by atoms with Crippen LogP contribution >= 0.6 is 0 Å². The van der Waals surface area contributed by atoms with Gasteiger partial charge in [-0.3, -0.25) is 14.9 Å². The van der Waals surface area contributed by atoms with Crippen molar-refractivity contribution in [2.75, 3.05) is 25.0 Å². The Hall–Kier alpha value is -2.11. The Bertz CT molecular complexity index is 523. The molecule has 0 radical (unpaired) electrons. The third-order valence-electron chi connectivity index (χ3n) is 3.70. The first-order chi connectivity index (χ1) is 10.1. The first kappa shape index (κ1) is 15.3. The SMILES string of the molecule is CCNc1cc(C(=O)N2CCCCCC2)ccc1[N+](=O)[O-]. The average Bonchev–Trinajstić information content (AvgIpc) is 2.75. The van der Waals surface area contributed by atoms with E-state index in [4.69, 9.17) is 0 Å². The number of carbonyl (C=O) groups is 1. The molecule has 21 heavy (non-hydrogen) atoms. The van der Waals surface area contributed by atoms with Crippen molar-refractivity contribution in [2.45, 2.75) is 32.6 Å². The monoisotopic (exact) mass is 291 g/mol. The fourth-order valence-corrected chi connectivity index (χ4v) is 2.62. The van der Waals surface area contributed by atoms with E-state index in [0.717, 1.165) is 38.8 Å². The first-order valence-electron chi connectivity index (χ1n) is 7.45. The van der Waals surface area contributed by atoms with Gasteiger partial charge in [0.2, 0.25) is 0 Å². The number of nitrogens with zero attached hydrogens (tertiary/aromatic N) is 2. The summed E-state index contributed by atoms with van der Waals surface area (Å²) >= 11 is 0. The molecule has 1 aliphatic heterocycles. The summed E-state index contributed by atoms with van der Waals surface area (Å²) in [6, 6.07) is 4.55. The minimum absolute atomic E-state index is 0.00395. The molecule has 0 aliphatic carbocycles. The zero-order chi connectivity index (χ0) is 15.2. The van der Waals surface area contributed by atoms with Crippen molar-refractivity contribution in [3.8, 4) is 0 Å². The summed E-state index contributed by atoms with van der Waals surface area (Å²) in [5, 5.41) is 14.0. The molecule has 0 aromatic heterocycles. The highest BCUT2D eigenvalue weighted by atomic mass is 16.6. The van der Waals surface area contributed by atoms with E-state index >= 15 is 0 Å². The fourth-order valence-electron chi connectivity index (χ4n) is 2.62. The van der Waals surface area contributed by atoms with Crippen LogP contribution in [0.3, 0.4) is 0 Å². The van der Waals surface area contributed by atoms with E-state index in [-0.39, 0.29) is 11.6 Å². The summed E-state index contributed by atoms with van der Waals surface area (Å²) in [5.74, 6) is -0.0362. The predicted octanol–water partition coefficient (Wildman–Crippen LogP) is 3.04. The summed E-state index contributed by atoms with van der Waals surface area (Å²) < 4.78 is 0. The van der Waals surface area contributed by atoms with Gasteiger partial charge in [-0.1, -0.05) is 12.8 Å². The number of hydrogen-bond donors (Lipinski definition) is 1. The molecule has 0 saturated carbocycles. The Morgan fingerprint density at radius 1 is 1.29 bits per heavy atom. The zero-order valence-corrected chi connectivity index (χ0v) is 12.3. The van der Waals surface area contributed by atoms with E-state index in [0.29, 0.717) is 17.8 Å². The standard InChI is InChI=1S/C15H21N3O3/c1-2-16-13-11-12(7-8-14(13)18(20)21)15(19)17-9-5-3-4-6-10-17/h7-8,11,16H,2-6,9-10H2,1H3. The minimum atomic E-state index is -0.432. The number of rotatable bonds is 4. The van der Waals surface area contributed by atoms with Crippen molar-refractivity contribution in [3.05, 3.63) is 33.9 Å². The molecule has 1 aromatic rings. The molecule has 2 rings (SSSR count). The van der Waals surface area contributed by atoms with E-state index in [1.54, 1.807) is 12.1 Å². The number of amides is 1. The van der Waals surface area contributed by atoms with Crippen molar-refractivity contribution >= 4 is 17.3 Å². The molecule has 6 nitrogen and oxygen atoms in total. The van der Waals surface area contributed by atoms with Crippen molar-refractivity contribution in [2.24, 2.45) is 0 Å². The Morgan fingerprint density at radius 2 is 1.95 bits per heavy atom. The molecular weight excluding hydrogens is 270 g/mol. The lowest BCUT2D eigenvalue weighted by Gasteiger charge is -2.20. The van der Waals surface area contributed by atoms with Gasteiger partial charge in [0, 0.05) is 31.3 Å². The second kappa shape index (κ2) is 7.06. The van der Waals surface area contributed by atoms with Crippen LogP contribution in [0.15, 0.2) is 18.2 Å². The normalized spacial score (nSPS) is 15.4. The lowest BCUT2D eigenvalue weighted by molar-refractivity contribution is -0.384. The van der Waals surface area contributed by atoms with Gasteiger partial charge in [-0.05, 0) is 31.9 Å². The van der Waals surface area contributed by atoms with Crippen LogP contribution < -0.4 is 5.32 Å². The van der Waals surface area contributed by atoms with Crippen LogP contribution in [0.2, 0.25) is 0 Å². The maximum atomic E-state index is 12.5. The fraction of sp³-hybridized carbons (Fsp3) is 0.533. The second-order valence-corrected chi connectivity index (χ2v) is 5.23. The number of benzene rings is 1. The molecular formula is C15H21N3O3. The van der Waals surface area contributed by atoms with Gasteiger partial charge in [0.1, 0.15) is 5.69 Å². The van der Waals surface area contributed by atoms with E-state index in [1.165, 1.54) is 6.07 Å². The van der Waals surface area contributed by atoms with Crippen molar-refractivity contribution in [1.29, 1.82) is 0 Å². The van der Waals surface area contributed by atoms with Gasteiger partial charge < -0.3 is 10.2 Å². The van der Waals surface area contributed by atoms with Gasteiger partial charge in [0.15, 0.2) is 0 Å². The number of nitro groups is 1. The Labute approximate surface area is 124 Å². The zero-order valence-electron chi connectivity index (χ0n) is 12.3. The van der Waals surface area contributed by atoms with Gasteiger partial charge in [0.05, 0.1) is 4.92 Å². The topological polar surface area (TPSA) is 75.5 Å². The van der Waals surface area contributed by atoms with Crippen molar-refractivity contribution in [1.82, 2.24) is 4.90 Å². The van der Waals surface area contributed by atoms with Gasteiger partial charge >= 0.3 is 0 Å². The molecule has 1 heterocycles. The molecule has 6 heteroatoms. The summed E-state index contributed by atoms with van der Waals surface area (Å²) in [4.78, 5) is 24.9. The van der Waals surface area contributed by atoms with Gasteiger partial charge in [-0.2, -0.15) is 0 Å². The second-order valence-electron chi connectivity index (χ2n) is 5.23. The Balaban J connectivity index is 2.24. The van der Waals surface area contributed by atoms with Crippen LogP contribution in [0.25, 0.3) is 0 Å². The molecule has 0 bridgehead atoms. The number of nitro benzene ring substituents is 1. The van der Waals surface area contributed by atoms with Crippen LogP contribution in [-0.4, -0.2) is 35.4 Å². The number of carbonyl (C=O) groups excluding carboxylic acids is 1. The third-order valence-corrected chi connectivity index (χ3v) is 3.70. The van der Waals surface area contributed by atoms with Gasteiger partial charge in [0.25, 0.3) is 11.6 Å². The summed E-state index contributed by atoms with van der Waals surface area (Å²) in [6.07, 6.45) is 4.37.